The van der Waals surface area contributed by atoms with Crippen molar-refractivity contribution in [1.29, 1.82) is 0 Å². The number of aryl methyl sites for hydroxylation is 1. The Morgan fingerprint density at radius 3 is 2.24 bits per heavy atom. The molecule has 0 aliphatic rings. The predicted molar refractivity (Wildman–Crippen MR) is 106 cm³/mol. The average molecular weight is 362 g/mol. The van der Waals surface area contributed by atoms with Gasteiger partial charge in [-0.05, 0) is 50.6 Å². The van der Waals surface area contributed by atoms with E-state index in [0.717, 1.165) is 35.8 Å². The average Bonchev–Trinajstić information content (AvgIpc) is 2.65. The van der Waals surface area contributed by atoms with Gasteiger partial charge in [-0.2, -0.15) is 0 Å². The van der Waals surface area contributed by atoms with Crippen molar-refractivity contribution >= 4 is 24.2 Å². The smallest absolute Gasteiger partial charge is 0.323 e. The van der Waals surface area contributed by atoms with E-state index < -0.39 is 7.52 Å². The minimum Gasteiger partial charge on any atom is -0.495 e. The van der Waals surface area contributed by atoms with Crippen molar-refractivity contribution in [3.8, 4) is 5.75 Å². The van der Waals surface area contributed by atoms with Gasteiger partial charge in [0.25, 0.3) is 0 Å². The minimum atomic E-state index is -3.20. The van der Waals surface area contributed by atoms with E-state index in [2.05, 4.69) is 23.8 Å². The van der Waals surface area contributed by atoms with Crippen molar-refractivity contribution in [2.75, 3.05) is 37.3 Å². The van der Waals surface area contributed by atoms with Gasteiger partial charge in [0.1, 0.15) is 5.75 Å². The molecule has 0 saturated heterocycles. The molecular formula is C19H27N2O3P. The molecule has 2 rings (SSSR count). The first-order chi connectivity index (χ1) is 12.0. The number of methoxy groups -OCH3 is 1. The molecule has 0 amide bonds. The monoisotopic (exact) mass is 362 g/mol. The van der Waals surface area contributed by atoms with Gasteiger partial charge in [-0.25, -0.2) is 0 Å². The van der Waals surface area contributed by atoms with Gasteiger partial charge < -0.3 is 19.2 Å². The Morgan fingerprint density at radius 1 is 1.08 bits per heavy atom. The van der Waals surface area contributed by atoms with Crippen molar-refractivity contribution in [2.45, 2.75) is 20.8 Å². The Bertz CT molecular complexity index is 746. The molecule has 1 unspecified atom stereocenters. The third kappa shape index (κ3) is 4.17. The summed E-state index contributed by atoms with van der Waals surface area (Å²) in [7, 11) is -0.0726. The number of nitrogens with zero attached hydrogens (tertiary/aromatic N) is 1. The molecule has 6 heteroatoms. The molecule has 0 bridgehead atoms. The largest absolute Gasteiger partial charge is 0.495 e. The molecule has 0 saturated carbocycles. The summed E-state index contributed by atoms with van der Waals surface area (Å²) in [6, 6.07) is 13.1. The van der Waals surface area contributed by atoms with Crippen LogP contribution in [0, 0.1) is 6.92 Å². The van der Waals surface area contributed by atoms with E-state index in [1.54, 1.807) is 19.2 Å². The first kappa shape index (κ1) is 19.4. The maximum atomic E-state index is 13.3. The van der Waals surface area contributed by atoms with Gasteiger partial charge in [0, 0.05) is 25.9 Å². The predicted octanol–water partition coefficient (Wildman–Crippen LogP) is 4.43. The number of anilines is 2. The lowest BCUT2D eigenvalue weighted by Gasteiger charge is -2.26. The van der Waals surface area contributed by atoms with Crippen LogP contribution < -0.4 is 20.0 Å². The second-order valence-corrected chi connectivity index (χ2v) is 7.90. The van der Waals surface area contributed by atoms with Crippen LogP contribution in [0.4, 0.5) is 11.4 Å². The molecule has 0 aromatic heterocycles. The molecule has 136 valence electrons. The highest BCUT2D eigenvalue weighted by atomic mass is 31.2. The summed E-state index contributed by atoms with van der Waals surface area (Å²) in [5, 5.41) is 3.77. The zero-order chi connectivity index (χ0) is 18.4. The SMILES string of the molecule is CCN(CC)c1cc(NP(=O)(OC)c2ccccc2)c(C)cc1OC. The number of benzene rings is 2. The maximum absolute atomic E-state index is 13.3. The second kappa shape index (κ2) is 8.41. The van der Waals surface area contributed by atoms with Crippen LogP contribution in [0.5, 0.6) is 5.75 Å². The number of rotatable bonds is 8. The van der Waals surface area contributed by atoms with Crippen LogP contribution in [0.3, 0.4) is 0 Å². The normalized spacial score (nSPS) is 13.2. The third-order valence-electron chi connectivity index (χ3n) is 4.25. The Balaban J connectivity index is 2.48. The molecule has 25 heavy (non-hydrogen) atoms. The van der Waals surface area contributed by atoms with E-state index in [1.165, 1.54) is 7.11 Å². The highest BCUT2D eigenvalue weighted by Gasteiger charge is 2.26. The molecule has 0 radical (unpaired) electrons. The van der Waals surface area contributed by atoms with Crippen LogP contribution in [0.1, 0.15) is 19.4 Å². The van der Waals surface area contributed by atoms with Crippen molar-refractivity contribution < 1.29 is 13.8 Å². The molecule has 0 aliphatic heterocycles. The summed E-state index contributed by atoms with van der Waals surface area (Å²) in [5.74, 6) is 0.804. The van der Waals surface area contributed by atoms with Crippen LogP contribution in [-0.2, 0) is 9.09 Å². The Labute approximate surface area is 150 Å². The molecule has 0 heterocycles. The summed E-state index contributed by atoms with van der Waals surface area (Å²) in [4.78, 5) is 2.20. The van der Waals surface area contributed by atoms with Crippen LogP contribution in [-0.4, -0.2) is 27.3 Å². The zero-order valence-corrected chi connectivity index (χ0v) is 16.5. The van der Waals surface area contributed by atoms with Gasteiger partial charge in [-0.3, -0.25) is 4.57 Å². The van der Waals surface area contributed by atoms with Gasteiger partial charge in [0.15, 0.2) is 0 Å². The first-order valence-corrected chi connectivity index (χ1v) is 10.0. The fourth-order valence-corrected chi connectivity index (χ4v) is 4.32. The number of ether oxygens (including phenoxy) is 1. The minimum absolute atomic E-state index is 0.636. The highest BCUT2D eigenvalue weighted by molar-refractivity contribution is 7.68. The standard InChI is InChI=1S/C19H27N2O3P/c1-6-21(7-2)18-14-17(15(3)13-19(18)23-4)20-25(22,24-5)16-11-9-8-10-12-16/h8-14H,6-7H2,1-5H3,(H,20,22). The van der Waals surface area contributed by atoms with Crippen LogP contribution in [0.15, 0.2) is 42.5 Å². The molecular weight excluding hydrogens is 335 g/mol. The summed E-state index contributed by atoms with van der Waals surface area (Å²) < 4.78 is 24.2. The third-order valence-corrected chi connectivity index (χ3v) is 6.28. The van der Waals surface area contributed by atoms with Gasteiger partial charge in [0.2, 0.25) is 0 Å². The van der Waals surface area contributed by atoms with Crippen molar-refractivity contribution in [3.63, 3.8) is 0 Å². The zero-order valence-electron chi connectivity index (χ0n) is 15.6. The second-order valence-electron chi connectivity index (χ2n) is 5.69. The molecule has 2 aromatic carbocycles. The van der Waals surface area contributed by atoms with E-state index in [1.807, 2.05) is 37.3 Å². The van der Waals surface area contributed by atoms with Crippen LogP contribution in [0.25, 0.3) is 0 Å². The molecule has 0 aliphatic carbocycles. The number of hydrogen-bond donors (Lipinski definition) is 1. The van der Waals surface area contributed by atoms with Gasteiger partial charge >= 0.3 is 7.52 Å². The molecule has 1 N–H and O–H groups in total. The van der Waals surface area contributed by atoms with Crippen LogP contribution in [0.2, 0.25) is 0 Å². The number of nitrogens with one attached hydrogen (secondary N) is 1. The van der Waals surface area contributed by atoms with Gasteiger partial charge in [-0.1, -0.05) is 18.2 Å². The fourth-order valence-electron chi connectivity index (χ4n) is 2.76. The fraction of sp³-hybridized carbons (Fsp3) is 0.368. The van der Waals surface area contributed by atoms with Gasteiger partial charge in [0.05, 0.1) is 18.1 Å². The lowest BCUT2D eigenvalue weighted by molar-refractivity contribution is 0.407. The molecule has 1 atom stereocenters. The Kier molecular flexibility index (Phi) is 6.51. The highest BCUT2D eigenvalue weighted by Crippen LogP contribution is 2.47. The molecule has 0 spiro atoms. The lowest BCUT2D eigenvalue weighted by atomic mass is 10.1. The van der Waals surface area contributed by atoms with Gasteiger partial charge in [-0.15, -0.1) is 0 Å². The topological polar surface area (TPSA) is 50.8 Å². The van der Waals surface area contributed by atoms with E-state index in [9.17, 15) is 4.57 Å². The first-order valence-electron chi connectivity index (χ1n) is 8.42. The van der Waals surface area contributed by atoms with Crippen molar-refractivity contribution in [1.82, 2.24) is 0 Å². The Hall–Kier alpha value is -1.97. The quantitative estimate of drug-likeness (QED) is 0.704. The maximum Gasteiger partial charge on any atom is 0.323 e. The van der Waals surface area contributed by atoms with E-state index in [-0.39, 0.29) is 0 Å². The summed E-state index contributed by atoms with van der Waals surface area (Å²) >= 11 is 0. The summed E-state index contributed by atoms with van der Waals surface area (Å²) in [6.07, 6.45) is 0. The van der Waals surface area contributed by atoms with E-state index in [4.69, 9.17) is 9.26 Å². The van der Waals surface area contributed by atoms with E-state index in [0.29, 0.717) is 5.30 Å². The van der Waals surface area contributed by atoms with Crippen molar-refractivity contribution in [2.24, 2.45) is 0 Å². The lowest BCUT2D eigenvalue weighted by Crippen LogP contribution is -2.23. The van der Waals surface area contributed by atoms with Crippen LogP contribution >= 0.6 is 7.52 Å². The van der Waals surface area contributed by atoms with E-state index >= 15 is 0 Å². The molecule has 2 aromatic rings. The number of hydrogen-bond acceptors (Lipinski definition) is 4. The molecule has 0 fully saturated rings. The van der Waals surface area contributed by atoms with Crippen molar-refractivity contribution in [3.05, 3.63) is 48.0 Å². The molecule has 5 nitrogen and oxygen atoms in total. The summed E-state index contributed by atoms with van der Waals surface area (Å²) in [6.45, 7) is 7.87. The Morgan fingerprint density at radius 2 is 1.72 bits per heavy atom. The summed E-state index contributed by atoms with van der Waals surface area (Å²) in [5.41, 5.74) is 2.69.